The fourth-order valence-electron chi connectivity index (χ4n) is 2.71. The predicted molar refractivity (Wildman–Crippen MR) is 107 cm³/mol. The van der Waals surface area contributed by atoms with Crippen LogP contribution in [-0.4, -0.2) is 26.3 Å². The van der Waals surface area contributed by atoms with Crippen LogP contribution in [0.4, 0.5) is 4.39 Å². The van der Waals surface area contributed by atoms with Crippen LogP contribution in [-0.2, 0) is 6.54 Å². The predicted octanol–water partition coefficient (Wildman–Crippen LogP) is 2.11. The van der Waals surface area contributed by atoms with Crippen LogP contribution in [0.2, 0.25) is 0 Å². The molecule has 3 rings (SSSR count). The van der Waals surface area contributed by atoms with E-state index in [4.69, 9.17) is 0 Å². The largest absolute Gasteiger partial charge is 0.352 e. The molecule has 1 amide bonds. The number of carbonyl (C=O) groups excluding carboxylic acids is 1. The topological polar surface area (TPSA) is 86.0 Å². The van der Waals surface area contributed by atoms with Crippen molar-refractivity contribution in [3.05, 3.63) is 92.5 Å². The van der Waals surface area contributed by atoms with Crippen molar-refractivity contribution in [3.63, 3.8) is 0 Å². The van der Waals surface area contributed by atoms with Gasteiger partial charge in [-0.25, -0.2) is 9.18 Å². The van der Waals surface area contributed by atoms with E-state index >= 15 is 0 Å². The SMILES string of the molecule is CCC(C)NC(=O)c1nn(-c2ccc(F)cc2)c(=O)n(Cc2ccccc2)c1=O. The molecule has 0 aliphatic rings. The van der Waals surface area contributed by atoms with Gasteiger partial charge in [0, 0.05) is 6.04 Å². The molecule has 1 unspecified atom stereocenters. The number of hydrogen-bond donors (Lipinski definition) is 1. The quantitative estimate of drug-likeness (QED) is 0.692. The van der Waals surface area contributed by atoms with Gasteiger partial charge in [0.2, 0.25) is 5.69 Å². The molecule has 1 heterocycles. The molecular formula is C21H21FN4O3. The number of benzene rings is 2. The van der Waals surface area contributed by atoms with Crippen LogP contribution in [0.3, 0.4) is 0 Å². The second-order valence-corrected chi connectivity index (χ2v) is 6.68. The minimum Gasteiger partial charge on any atom is -0.348 e. The number of aromatic nitrogens is 3. The third-order valence-corrected chi connectivity index (χ3v) is 4.52. The Bertz CT molecular complexity index is 1120. The van der Waals surface area contributed by atoms with E-state index in [9.17, 15) is 18.8 Å². The monoisotopic (exact) mass is 396 g/mol. The molecule has 0 aliphatic carbocycles. The molecule has 1 aromatic heterocycles. The van der Waals surface area contributed by atoms with Gasteiger partial charge in [-0.05, 0) is 43.2 Å². The molecule has 0 bridgehead atoms. The second kappa shape index (κ2) is 8.64. The summed E-state index contributed by atoms with van der Waals surface area (Å²) in [5.74, 6) is -1.14. The fourth-order valence-corrected chi connectivity index (χ4v) is 2.71. The number of nitrogens with one attached hydrogen (secondary N) is 1. The van der Waals surface area contributed by atoms with Gasteiger partial charge in [-0.2, -0.15) is 9.78 Å². The summed E-state index contributed by atoms with van der Waals surface area (Å²) in [7, 11) is 0. The summed E-state index contributed by atoms with van der Waals surface area (Å²) in [6.45, 7) is 3.67. The zero-order valence-corrected chi connectivity index (χ0v) is 16.1. The normalized spacial score (nSPS) is 11.8. The summed E-state index contributed by atoms with van der Waals surface area (Å²) in [5.41, 5.74) is -0.929. The molecule has 1 N–H and O–H groups in total. The van der Waals surface area contributed by atoms with Crippen LogP contribution in [0.25, 0.3) is 5.69 Å². The Morgan fingerprint density at radius 2 is 1.76 bits per heavy atom. The standard InChI is InChI=1S/C21H21FN4O3/c1-3-14(2)23-19(27)18-20(28)25(13-15-7-5-4-6-8-15)21(29)26(24-18)17-11-9-16(22)10-12-17/h4-12,14H,3,13H2,1-2H3,(H,23,27). The van der Waals surface area contributed by atoms with Crippen molar-refractivity contribution in [2.45, 2.75) is 32.9 Å². The maximum absolute atomic E-state index is 13.3. The molecule has 2 aromatic carbocycles. The molecule has 0 saturated heterocycles. The van der Waals surface area contributed by atoms with E-state index < -0.39 is 28.7 Å². The van der Waals surface area contributed by atoms with Crippen molar-refractivity contribution in [2.75, 3.05) is 0 Å². The van der Waals surface area contributed by atoms with Gasteiger partial charge in [0.25, 0.3) is 11.5 Å². The van der Waals surface area contributed by atoms with E-state index in [1.807, 2.05) is 13.0 Å². The average molecular weight is 396 g/mol. The average Bonchev–Trinajstić information content (AvgIpc) is 2.72. The molecule has 0 fully saturated rings. The van der Waals surface area contributed by atoms with E-state index in [1.165, 1.54) is 24.3 Å². The molecule has 1 atom stereocenters. The van der Waals surface area contributed by atoms with Gasteiger partial charge >= 0.3 is 5.69 Å². The lowest BCUT2D eigenvalue weighted by molar-refractivity contribution is 0.0929. The number of rotatable bonds is 6. The summed E-state index contributed by atoms with van der Waals surface area (Å²) < 4.78 is 15.2. The maximum atomic E-state index is 13.3. The van der Waals surface area contributed by atoms with Crippen LogP contribution in [0.5, 0.6) is 0 Å². The fraction of sp³-hybridized carbons (Fsp3) is 0.238. The first-order valence-electron chi connectivity index (χ1n) is 9.25. The van der Waals surface area contributed by atoms with Crippen LogP contribution in [0.15, 0.2) is 64.2 Å². The lowest BCUT2D eigenvalue weighted by atomic mass is 10.2. The molecule has 0 spiro atoms. The van der Waals surface area contributed by atoms with Crippen molar-refractivity contribution in [2.24, 2.45) is 0 Å². The van der Waals surface area contributed by atoms with Crippen LogP contribution in [0, 0.1) is 5.82 Å². The summed E-state index contributed by atoms with van der Waals surface area (Å²) in [4.78, 5) is 38.5. The van der Waals surface area contributed by atoms with Gasteiger partial charge in [0.15, 0.2) is 0 Å². The number of halogens is 1. The Hall–Kier alpha value is -3.55. The smallest absolute Gasteiger partial charge is 0.348 e. The van der Waals surface area contributed by atoms with Crippen molar-refractivity contribution >= 4 is 5.91 Å². The van der Waals surface area contributed by atoms with E-state index in [2.05, 4.69) is 10.4 Å². The van der Waals surface area contributed by atoms with Gasteiger partial charge in [-0.1, -0.05) is 37.3 Å². The third kappa shape index (κ3) is 4.48. The molecule has 29 heavy (non-hydrogen) atoms. The minimum atomic E-state index is -0.780. The Balaban J connectivity index is 2.18. The third-order valence-electron chi connectivity index (χ3n) is 4.52. The van der Waals surface area contributed by atoms with Crippen LogP contribution >= 0.6 is 0 Å². The van der Waals surface area contributed by atoms with Gasteiger partial charge in [-0.3, -0.25) is 14.2 Å². The Labute approximate surface area is 166 Å². The highest BCUT2D eigenvalue weighted by Crippen LogP contribution is 2.06. The lowest BCUT2D eigenvalue weighted by Crippen LogP contribution is -2.47. The van der Waals surface area contributed by atoms with Crippen LogP contribution in [0.1, 0.15) is 36.3 Å². The summed E-state index contributed by atoms with van der Waals surface area (Å²) >= 11 is 0. The molecule has 8 heteroatoms. The van der Waals surface area contributed by atoms with Crippen molar-refractivity contribution in [1.29, 1.82) is 0 Å². The Kier molecular flexibility index (Phi) is 6.01. The van der Waals surface area contributed by atoms with E-state index in [0.29, 0.717) is 6.42 Å². The van der Waals surface area contributed by atoms with Gasteiger partial charge < -0.3 is 5.32 Å². The van der Waals surface area contributed by atoms with Gasteiger partial charge in [-0.15, -0.1) is 0 Å². The lowest BCUT2D eigenvalue weighted by Gasteiger charge is -2.14. The van der Waals surface area contributed by atoms with Crippen molar-refractivity contribution in [1.82, 2.24) is 19.7 Å². The molecule has 0 saturated carbocycles. The molecule has 7 nitrogen and oxygen atoms in total. The first-order valence-corrected chi connectivity index (χ1v) is 9.25. The zero-order valence-electron chi connectivity index (χ0n) is 16.1. The first kappa shape index (κ1) is 20.2. The van der Waals surface area contributed by atoms with E-state index in [1.54, 1.807) is 31.2 Å². The number of carbonyl (C=O) groups is 1. The van der Waals surface area contributed by atoms with Crippen molar-refractivity contribution in [3.8, 4) is 5.69 Å². The molecule has 0 aliphatic heterocycles. The molecule has 0 radical (unpaired) electrons. The molecule has 150 valence electrons. The van der Waals surface area contributed by atoms with Crippen molar-refractivity contribution < 1.29 is 9.18 Å². The number of nitrogens with zero attached hydrogens (tertiary/aromatic N) is 3. The van der Waals surface area contributed by atoms with Crippen LogP contribution < -0.4 is 16.6 Å². The highest BCUT2D eigenvalue weighted by molar-refractivity contribution is 5.91. The highest BCUT2D eigenvalue weighted by atomic mass is 19.1. The minimum absolute atomic E-state index is 0.0220. The summed E-state index contributed by atoms with van der Waals surface area (Å²) in [6.07, 6.45) is 0.668. The highest BCUT2D eigenvalue weighted by Gasteiger charge is 2.21. The number of hydrogen-bond acceptors (Lipinski definition) is 4. The van der Waals surface area contributed by atoms with E-state index in [-0.39, 0.29) is 18.3 Å². The summed E-state index contributed by atoms with van der Waals surface area (Å²) in [6, 6.07) is 13.8. The second-order valence-electron chi connectivity index (χ2n) is 6.68. The molecule has 3 aromatic rings. The van der Waals surface area contributed by atoms with E-state index in [0.717, 1.165) is 14.8 Å². The summed E-state index contributed by atoms with van der Waals surface area (Å²) in [5, 5.41) is 6.69. The molecular weight excluding hydrogens is 375 g/mol. The van der Waals surface area contributed by atoms with Gasteiger partial charge in [0.1, 0.15) is 5.82 Å². The maximum Gasteiger partial charge on any atom is 0.352 e. The Morgan fingerprint density at radius 1 is 1.10 bits per heavy atom. The van der Waals surface area contributed by atoms with Gasteiger partial charge in [0.05, 0.1) is 12.2 Å². The Morgan fingerprint density at radius 3 is 2.38 bits per heavy atom. The number of amides is 1. The first-order chi connectivity index (χ1) is 13.9. The zero-order chi connectivity index (χ0) is 21.0.